The topological polar surface area (TPSA) is 115 Å². The number of nitrogens with one attached hydrogen (secondary N) is 1. The Balaban J connectivity index is 1.68. The molecule has 0 radical (unpaired) electrons. The number of esters is 1. The Morgan fingerprint density at radius 1 is 1.06 bits per heavy atom. The second-order valence-electron chi connectivity index (χ2n) is 8.46. The first-order valence-electron chi connectivity index (χ1n) is 10.9. The van der Waals surface area contributed by atoms with Crippen molar-refractivity contribution < 1.29 is 23.6 Å². The van der Waals surface area contributed by atoms with Crippen LogP contribution in [0.4, 0.5) is 0 Å². The minimum absolute atomic E-state index is 0.138. The molecule has 0 saturated carbocycles. The zero-order valence-electron chi connectivity index (χ0n) is 19.9. The predicted molar refractivity (Wildman–Crippen MR) is 126 cm³/mol. The highest BCUT2D eigenvalue weighted by Crippen LogP contribution is 2.28. The van der Waals surface area contributed by atoms with Crippen LogP contribution in [0.15, 0.2) is 34.9 Å². The van der Waals surface area contributed by atoms with Crippen LogP contribution < -0.4 is 0 Å². The van der Waals surface area contributed by atoms with Gasteiger partial charge in [-0.05, 0) is 53.2 Å². The van der Waals surface area contributed by atoms with E-state index in [1.54, 1.807) is 26.8 Å². The van der Waals surface area contributed by atoms with Crippen LogP contribution in [0.1, 0.15) is 67.6 Å². The van der Waals surface area contributed by atoms with Crippen molar-refractivity contribution >= 4 is 28.6 Å². The Morgan fingerprint density at radius 2 is 1.74 bits per heavy atom. The maximum absolute atomic E-state index is 13.2. The van der Waals surface area contributed by atoms with Gasteiger partial charge in [0.25, 0.3) is 5.71 Å². The van der Waals surface area contributed by atoms with Crippen molar-refractivity contribution in [1.82, 2.24) is 15.1 Å². The van der Waals surface area contributed by atoms with Gasteiger partial charge in [0.15, 0.2) is 11.9 Å². The monoisotopic (exact) mass is 459 g/mol. The first-order chi connectivity index (χ1) is 16.1. The summed E-state index contributed by atoms with van der Waals surface area (Å²) in [4.78, 5) is 45.7. The maximum Gasteiger partial charge on any atom is 0.339 e. The number of aromatic amines is 1. The molecule has 1 unspecified atom stereocenters. The van der Waals surface area contributed by atoms with E-state index < -0.39 is 17.9 Å². The van der Waals surface area contributed by atoms with Gasteiger partial charge in [-0.2, -0.15) is 0 Å². The van der Waals surface area contributed by atoms with E-state index in [4.69, 9.17) is 9.26 Å². The number of carbonyl (C=O) groups is 3. The lowest BCUT2D eigenvalue weighted by Crippen LogP contribution is -2.25. The molecule has 0 aliphatic rings. The lowest BCUT2D eigenvalue weighted by atomic mass is 10.0. The summed E-state index contributed by atoms with van der Waals surface area (Å²) in [6.07, 6.45) is -1.09. The van der Waals surface area contributed by atoms with Crippen molar-refractivity contribution in [2.45, 2.75) is 47.6 Å². The van der Waals surface area contributed by atoms with Crippen LogP contribution in [0.25, 0.3) is 22.4 Å². The van der Waals surface area contributed by atoms with Gasteiger partial charge in [-0.3, -0.25) is 9.59 Å². The van der Waals surface area contributed by atoms with Crippen LogP contribution in [-0.2, 0) is 4.74 Å². The summed E-state index contributed by atoms with van der Waals surface area (Å²) >= 11 is 0. The number of benzene rings is 1. The van der Waals surface area contributed by atoms with E-state index in [1.807, 2.05) is 31.2 Å². The highest BCUT2D eigenvalue weighted by molar-refractivity contribution is 6.08. The van der Waals surface area contributed by atoms with Crippen molar-refractivity contribution in [3.63, 3.8) is 0 Å². The van der Waals surface area contributed by atoms with E-state index in [1.165, 1.54) is 13.8 Å². The zero-order chi connectivity index (χ0) is 24.7. The molecule has 1 atom stereocenters. The molecule has 0 saturated heterocycles. The highest BCUT2D eigenvalue weighted by Gasteiger charge is 2.28. The molecule has 8 heteroatoms. The van der Waals surface area contributed by atoms with Crippen LogP contribution in [0.2, 0.25) is 0 Å². The number of fused-ring (bicyclic) bond motifs is 1. The number of aryl methyl sites for hydroxylation is 3. The molecule has 1 N–H and O–H groups in total. The van der Waals surface area contributed by atoms with Gasteiger partial charge >= 0.3 is 5.97 Å². The minimum atomic E-state index is -1.09. The van der Waals surface area contributed by atoms with Crippen molar-refractivity contribution in [1.29, 1.82) is 0 Å². The smallest absolute Gasteiger partial charge is 0.339 e. The fourth-order valence-corrected chi connectivity index (χ4v) is 4.13. The summed E-state index contributed by atoms with van der Waals surface area (Å²) < 4.78 is 10.9. The van der Waals surface area contributed by atoms with E-state index in [9.17, 15) is 14.4 Å². The summed E-state index contributed by atoms with van der Waals surface area (Å²) in [6, 6.07) is 9.31. The molecule has 0 bridgehead atoms. The van der Waals surface area contributed by atoms with Crippen LogP contribution >= 0.6 is 0 Å². The number of H-pyrrole nitrogens is 1. The molecule has 34 heavy (non-hydrogen) atoms. The third kappa shape index (κ3) is 4.03. The van der Waals surface area contributed by atoms with Crippen LogP contribution in [0.3, 0.4) is 0 Å². The molecule has 4 aromatic rings. The largest absolute Gasteiger partial charge is 0.451 e. The average Bonchev–Trinajstić information content (AvgIpc) is 3.31. The lowest BCUT2D eigenvalue weighted by Gasteiger charge is -2.13. The van der Waals surface area contributed by atoms with E-state index in [0.717, 1.165) is 11.1 Å². The van der Waals surface area contributed by atoms with E-state index in [-0.39, 0.29) is 22.8 Å². The highest BCUT2D eigenvalue weighted by atomic mass is 16.5. The van der Waals surface area contributed by atoms with E-state index in [0.29, 0.717) is 33.6 Å². The number of aromatic nitrogens is 3. The Kier molecular flexibility index (Phi) is 5.91. The molecular weight excluding hydrogens is 434 g/mol. The van der Waals surface area contributed by atoms with Gasteiger partial charge in [0, 0.05) is 16.8 Å². The Labute approximate surface area is 196 Å². The summed E-state index contributed by atoms with van der Waals surface area (Å²) in [6.45, 7) is 10.1. The third-order valence-corrected chi connectivity index (χ3v) is 5.87. The molecular formula is C26H25N3O5. The van der Waals surface area contributed by atoms with Crippen molar-refractivity contribution in [2.24, 2.45) is 0 Å². The van der Waals surface area contributed by atoms with Gasteiger partial charge in [0.2, 0.25) is 5.78 Å². The summed E-state index contributed by atoms with van der Waals surface area (Å²) in [5.74, 6) is -1.26. The van der Waals surface area contributed by atoms with Gasteiger partial charge in [-0.25, -0.2) is 9.78 Å². The fourth-order valence-electron chi connectivity index (χ4n) is 4.13. The number of pyridine rings is 1. The second-order valence-corrected chi connectivity index (χ2v) is 8.46. The molecule has 3 aromatic heterocycles. The SMILES string of the molecule is CC(=O)c1c(C)[nH]c(C(=O)C(C)OC(=O)c2cc(-c3ccc(C)cc3)nc3onc(C)c23)c1C. The normalized spacial score (nSPS) is 12.1. The summed E-state index contributed by atoms with van der Waals surface area (Å²) in [7, 11) is 0. The van der Waals surface area contributed by atoms with E-state index in [2.05, 4.69) is 15.1 Å². The molecule has 174 valence electrons. The summed E-state index contributed by atoms with van der Waals surface area (Å²) in [5, 5.41) is 4.38. The molecule has 0 aliphatic carbocycles. The van der Waals surface area contributed by atoms with Crippen LogP contribution in [0, 0.1) is 27.7 Å². The number of hydrogen-bond acceptors (Lipinski definition) is 7. The minimum Gasteiger partial charge on any atom is -0.451 e. The molecule has 0 fully saturated rings. The second kappa shape index (κ2) is 8.70. The van der Waals surface area contributed by atoms with Gasteiger partial charge in [0.1, 0.15) is 0 Å². The predicted octanol–water partition coefficient (Wildman–Crippen LogP) is 5.08. The summed E-state index contributed by atoms with van der Waals surface area (Å²) in [5.41, 5.74) is 5.20. The van der Waals surface area contributed by atoms with E-state index >= 15 is 0 Å². The number of ether oxygens (including phenoxy) is 1. The van der Waals surface area contributed by atoms with Crippen molar-refractivity contribution in [2.75, 3.05) is 0 Å². The molecule has 3 heterocycles. The number of Topliss-reactive ketones (excluding diaryl/α,β-unsaturated/α-hetero) is 2. The fraction of sp³-hybridized carbons (Fsp3) is 0.269. The number of carbonyl (C=O) groups excluding carboxylic acids is 3. The van der Waals surface area contributed by atoms with Crippen LogP contribution in [0.5, 0.6) is 0 Å². The Bertz CT molecular complexity index is 1440. The Morgan fingerprint density at radius 3 is 2.35 bits per heavy atom. The van der Waals surface area contributed by atoms with Crippen molar-refractivity contribution in [3.8, 4) is 11.3 Å². The number of ketones is 2. The number of nitrogens with zero attached hydrogens (tertiary/aromatic N) is 2. The molecule has 0 aliphatic heterocycles. The molecule has 4 rings (SSSR count). The Hall–Kier alpha value is -4.07. The van der Waals surface area contributed by atoms with Gasteiger partial charge in [-0.15, -0.1) is 0 Å². The molecule has 0 amide bonds. The first-order valence-corrected chi connectivity index (χ1v) is 10.9. The first kappa shape index (κ1) is 23.1. The zero-order valence-corrected chi connectivity index (χ0v) is 19.9. The molecule has 0 spiro atoms. The number of rotatable bonds is 6. The molecule has 1 aromatic carbocycles. The molecule has 8 nitrogen and oxygen atoms in total. The number of hydrogen-bond donors (Lipinski definition) is 1. The average molecular weight is 460 g/mol. The standard InChI is InChI=1S/C26H25N3O5/c1-12-7-9-18(10-8-12)20-11-19(22-15(4)29-34-25(22)28-20)26(32)33-17(6)24(31)23-13(2)21(16(5)30)14(3)27-23/h7-11,17,27H,1-6H3. The van der Waals surface area contributed by atoms with Gasteiger partial charge in [0.05, 0.1) is 28.0 Å². The van der Waals surface area contributed by atoms with Gasteiger partial charge in [-0.1, -0.05) is 35.0 Å². The van der Waals surface area contributed by atoms with Crippen molar-refractivity contribution in [3.05, 3.63) is 69.7 Å². The van der Waals surface area contributed by atoms with Gasteiger partial charge < -0.3 is 14.2 Å². The lowest BCUT2D eigenvalue weighted by molar-refractivity contribution is 0.0318. The van der Waals surface area contributed by atoms with Crippen LogP contribution in [-0.4, -0.2) is 38.8 Å². The maximum atomic E-state index is 13.2. The quantitative estimate of drug-likeness (QED) is 0.316. The third-order valence-electron chi connectivity index (χ3n) is 5.87.